The lowest BCUT2D eigenvalue weighted by Gasteiger charge is -2.09. The van der Waals surface area contributed by atoms with E-state index in [0.29, 0.717) is 11.1 Å². The zero-order chi connectivity index (χ0) is 41.1. The molecule has 0 bridgehead atoms. The van der Waals surface area contributed by atoms with E-state index >= 15 is 0 Å². The zero-order valence-corrected chi connectivity index (χ0v) is 34.3. The highest BCUT2D eigenvalue weighted by molar-refractivity contribution is 5.75. The van der Waals surface area contributed by atoms with Gasteiger partial charge < -0.3 is 4.74 Å². The van der Waals surface area contributed by atoms with Gasteiger partial charge in [-0.2, -0.15) is 0 Å². The fraction of sp³-hybridized carbons (Fsp3) is 0.143. The fourth-order valence-corrected chi connectivity index (χ4v) is 7.38. The molecule has 8 rings (SSSR count). The Balaban J connectivity index is 0.000000179. The van der Waals surface area contributed by atoms with Crippen LogP contribution in [-0.2, 0) is 12.8 Å². The number of rotatable bonds is 11. The molecule has 0 saturated heterocycles. The van der Waals surface area contributed by atoms with Crippen LogP contribution in [0.15, 0.2) is 182 Å². The largest absolute Gasteiger partial charge is 0.497 e. The second-order valence-electron chi connectivity index (χ2n) is 15.0. The van der Waals surface area contributed by atoms with Gasteiger partial charge in [0.25, 0.3) is 0 Å². The SMILES string of the molecule is CCCc1ccc(-c2ccc(-c3ccc(-c4ccc(C)cc4)c(F)c3)cc2)cc1.CCCc1ccc(-c2ccc(-c3ccc(-c4ccc(OC)cc4)c(F)c3)cc2)cc1. The van der Waals surface area contributed by atoms with E-state index in [-0.39, 0.29) is 11.6 Å². The number of benzene rings is 8. The molecule has 0 spiro atoms. The van der Waals surface area contributed by atoms with Gasteiger partial charge in [0.05, 0.1) is 7.11 Å². The van der Waals surface area contributed by atoms with Crippen molar-refractivity contribution in [3.8, 4) is 72.5 Å². The maximum Gasteiger partial charge on any atom is 0.131 e. The third-order valence-electron chi connectivity index (χ3n) is 10.8. The Morgan fingerprint density at radius 2 is 0.644 bits per heavy atom. The molecular weight excluding hydrogens is 727 g/mol. The van der Waals surface area contributed by atoms with Crippen molar-refractivity contribution in [2.45, 2.75) is 46.5 Å². The molecule has 0 aliphatic rings. The van der Waals surface area contributed by atoms with E-state index in [9.17, 15) is 8.78 Å². The quantitative estimate of drug-likeness (QED) is 0.127. The summed E-state index contributed by atoms with van der Waals surface area (Å²) in [6, 6.07) is 60.4. The van der Waals surface area contributed by atoms with Crippen LogP contribution < -0.4 is 4.74 Å². The first-order valence-corrected chi connectivity index (χ1v) is 20.5. The Labute approximate surface area is 348 Å². The summed E-state index contributed by atoms with van der Waals surface area (Å²) in [5.74, 6) is 0.339. The predicted octanol–water partition coefficient (Wildman–Crippen LogP) is 15.9. The molecule has 0 atom stereocenters. The van der Waals surface area contributed by atoms with Crippen LogP contribution in [0.5, 0.6) is 5.75 Å². The summed E-state index contributed by atoms with van der Waals surface area (Å²) in [6.07, 6.45) is 4.54. The summed E-state index contributed by atoms with van der Waals surface area (Å²) in [5.41, 5.74) is 15.4. The number of halogens is 2. The van der Waals surface area contributed by atoms with Crippen molar-refractivity contribution >= 4 is 0 Å². The number of methoxy groups -OCH3 is 1. The van der Waals surface area contributed by atoms with Crippen LogP contribution in [0.3, 0.4) is 0 Å². The molecule has 0 aromatic heterocycles. The van der Waals surface area contributed by atoms with Crippen LogP contribution >= 0.6 is 0 Å². The van der Waals surface area contributed by atoms with Crippen molar-refractivity contribution in [2.24, 2.45) is 0 Å². The van der Waals surface area contributed by atoms with Crippen molar-refractivity contribution in [3.05, 3.63) is 210 Å². The Kier molecular flexibility index (Phi) is 13.2. The van der Waals surface area contributed by atoms with Crippen LogP contribution in [0, 0.1) is 18.6 Å². The second-order valence-corrected chi connectivity index (χ2v) is 15.0. The summed E-state index contributed by atoms with van der Waals surface area (Å²) >= 11 is 0. The van der Waals surface area contributed by atoms with Crippen LogP contribution in [0.25, 0.3) is 66.8 Å². The highest BCUT2D eigenvalue weighted by Crippen LogP contribution is 2.32. The van der Waals surface area contributed by atoms with Crippen molar-refractivity contribution in [2.75, 3.05) is 7.11 Å². The Hall–Kier alpha value is -6.58. The highest BCUT2D eigenvalue weighted by atomic mass is 19.1. The number of hydrogen-bond donors (Lipinski definition) is 0. The van der Waals surface area contributed by atoms with Gasteiger partial charge in [0.1, 0.15) is 17.4 Å². The van der Waals surface area contributed by atoms with E-state index < -0.39 is 0 Å². The van der Waals surface area contributed by atoms with Gasteiger partial charge in [-0.3, -0.25) is 0 Å². The standard InChI is InChI=1S/C28H25FO.C28H25F/c1-3-4-20-5-7-21(8-6-20)22-9-11-23(12-10-22)25-15-18-27(28(29)19-25)24-13-16-26(30-2)17-14-24;1-3-4-21-7-11-22(12-8-21)23-13-15-24(16-14-23)26-17-18-27(28(29)19-26)25-9-5-20(2)6-10-25/h5-19H,3-4H2,1-2H3;5-19H,3-4H2,1-2H3. The molecule has 59 heavy (non-hydrogen) atoms. The van der Waals surface area contributed by atoms with E-state index in [1.54, 1.807) is 19.2 Å². The van der Waals surface area contributed by atoms with E-state index in [2.05, 4.69) is 111 Å². The van der Waals surface area contributed by atoms with Crippen LogP contribution in [-0.4, -0.2) is 7.11 Å². The molecule has 0 N–H and O–H groups in total. The Morgan fingerprint density at radius 3 is 0.966 bits per heavy atom. The van der Waals surface area contributed by atoms with Gasteiger partial charge in [0.2, 0.25) is 0 Å². The van der Waals surface area contributed by atoms with Crippen LogP contribution in [0.2, 0.25) is 0 Å². The van der Waals surface area contributed by atoms with Gasteiger partial charge in [-0.1, -0.05) is 190 Å². The van der Waals surface area contributed by atoms with E-state index in [4.69, 9.17) is 4.74 Å². The maximum atomic E-state index is 14.8. The molecular formula is C56H50F2O. The molecule has 1 nitrogen and oxygen atoms in total. The first-order valence-electron chi connectivity index (χ1n) is 20.5. The lowest BCUT2D eigenvalue weighted by atomic mass is 9.97. The molecule has 0 fully saturated rings. The Bertz CT molecular complexity index is 2570. The summed E-state index contributed by atoms with van der Waals surface area (Å²) in [4.78, 5) is 0. The number of ether oxygens (including phenoxy) is 1. The van der Waals surface area contributed by atoms with Gasteiger partial charge in [-0.15, -0.1) is 0 Å². The topological polar surface area (TPSA) is 9.23 Å². The molecule has 8 aromatic carbocycles. The molecule has 0 aliphatic carbocycles. The molecule has 0 unspecified atom stereocenters. The molecule has 0 radical (unpaired) electrons. The van der Waals surface area contributed by atoms with Crippen molar-refractivity contribution in [3.63, 3.8) is 0 Å². The summed E-state index contributed by atoms with van der Waals surface area (Å²) in [7, 11) is 1.62. The normalized spacial score (nSPS) is 10.8. The first kappa shape index (κ1) is 40.6. The summed E-state index contributed by atoms with van der Waals surface area (Å²) in [6.45, 7) is 6.42. The van der Waals surface area contributed by atoms with Gasteiger partial charge >= 0.3 is 0 Å². The maximum absolute atomic E-state index is 14.8. The van der Waals surface area contributed by atoms with E-state index in [1.165, 1.54) is 33.4 Å². The molecule has 3 heteroatoms. The highest BCUT2D eigenvalue weighted by Gasteiger charge is 2.10. The minimum atomic E-state index is -0.228. The Morgan fingerprint density at radius 1 is 0.356 bits per heavy atom. The lowest BCUT2D eigenvalue weighted by Crippen LogP contribution is -1.88. The molecule has 8 aromatic rings. The third-order valence-corrected chi connectivity index (χ3v) is 10.8. The molecule has 0 heterocycles. The van der Waals surface area contributed by atoms with Gasteiger partial charge in [-0.05, 0) is 111 Å². The van der Waals surface area contributed by atoms with Gasteiger partial charge in [0.15, 0.2) is 0 Å². The number of aryl methyl sites for hydroxylation is 3. The average Bonchev–Trinajstić information content (AvgIpc) is 3.28. The minimum Gasteiger partial charge on any atom is -0.497 e. The fourth-order valence-electron chi connectivity index (χ4n) is 7.38. The lowest BCUT2D eigenvalue weighted by molar-refractivity contribution is 0.415. The monoisotopic (exact) mass is 776 g/mol. The van der Waals surface area contributed by atoms with Crippen molar-refractivity contribution in [1.29, 1.82) is 0 Å². The molecule has 0 saturated carbocycles. The van der Waals surface area contributed by atoms with Crippen LogP contribution in [0.1, 0.15) is 43.4 Å². The van der Waals surface area contributed by atoms with Gasteiger partial charge in [0, 0.05) is 11.1 Å². The zero-order valence-electron chi connectivity index (χ0n) is 34.3. The smallest absolute Gasteiger partial charge is 0.131 e. The van der Waals surface area contributed by atoms with Crippen molar-refractivity contribution < 1.29 is 13.5 Å². The number of hydrogen-bond acceptors (Lipinski definition) is 1. The van der Waals surface area contributed by atoms with Gasteiger partial charge in [-0.25, -0.2) is 8.78 Å². The summed E-state index contributed by atoms with van der Waals surface area (Å²) in [5, 5.41) is 0. The third kappa shape index (κ3) is 10.1. The summed E-state index contributed by atoms with van der Waals surface area (Å²) < 4.78 is 34.8. The van der Waals surface area contributed by atoms with Crippen LogP contribution in [0.4, 0.5) is 8.78 Å². The molecule has 294 valence electrons. The van der Waals surface area contributed by atoms with Crippen molar-refractivity contribution in [1.82, 2.24) is 0 Å². The first-order chi connectivity index (χ1) is 28.8. The predicted molar refractivity (Wildman–Crippen MR) is 245 cm³/mol. The molecule has 0 amide bonds. The molecule has 0 aliphatic heterocycles. The van der Waals surface area contributed by atoms with E-state index in [0.717, 1.165) is 70.4 Å². The minimum absolute atomic E-state index is 0.193. The second kappa shape index (κ2) is 19.2. The van der Waals surface area contributed by atoms with E-state index in [1.807, 2.05) is 79.7 Å². The average molecular weight is 777 g/mol.